The second kappa shape index (κ2) is 15.0. The minimum atomic E-state index is 0.728. The molecule has 118 valence electrons. The number of nitrogens with two attached hydrogens (primary N) is 2. The van der Waals surface area contributed by atoms with E-state index in [-0.39, 0.29) is 0 Å². The van der Waals surface area contributed by atoms with Crippen molar-refractivity contribution >= 4 is 33.9 Å². The van der Waals surface area contributed by atoms with Crippen LogP contribution in [0.4, 0.5) is 0 Å². The van der Waals surface area contributed by atoms with E-state index in [2.05, 4.69) is 23.8 Å². The lowest BCUT2D eigenvalue weighted by molar-refractivity contribution is 0.808. The Kier molecular flexibility index (Phi) is 14.8. The van der Waals surface area contributed by atoms with Gasteiger partial charge in [0, 0.05) is 24.6 Å². The molecule has 0 atom stereocenters. The Balaban J connectivity index is 3.43. The molecular formula is C14H30N4S2. The van der Waals surface area contributed by atoms with Gasteiger partial charge in [-0.1, -0.05) is 50.2 Å². The lowest BCUT2D eigenvalue weighted by Gasteiger charge is -2.02. The van der Waals surface area contributed by atoms with E-state index in [0.29, 0.717) is 0 Å². The van der Waals surface area contributed by atoms with Crippen LogP contribution in [0.1, 0.15) is 52.4 Å². The van der Waals surface area contributed by atoms with Gasteiger partial charge in [-0.3, -0.25) is 9.98 Å². The lowest BCUT2D eigenvalue weighted by Crippen LogP contribution is -2.09. The molecule has 0 fully saturated rings. The normalized spacial score (nSPS) is 12.9. The van der Waals surface area contributed by atoms with E-state index < -0.39 is 0 Å². The molecule has 0 spiro atoms. The Bertz CT molecular complexity index is 252. The maximum absolute atomic E-state index is 5.81. The molecule has 0 aromatic carbocycles. The largest absolute Gasteiger partial charge is 0.379 e. The molecule has 0 aliphatic heterocycles. The average molecular weight is 319 g/mol. The summed E-state index contributed by atoms with van der Waals surface area (Å²) >= 11 is 3.32. The summed E-state index contributed by atoms with van der Waals surface area (Å²) in [4.78, 5) is 8.63. The van der Waals surface area contributed by atoms with Crippen LogP contribution in [-0.4, -0.2) is 34.9 Å². The molecule has 0 aromatic rings. The van der Waals surface area contributed by atoms with Gasteiger partial charge in [-0.25, -0.2) is 0 Å². The monoisotopic (exact) mass is 318 g/mol. The highest BCUT2D eigenvalue weighted by Crippen LogP contribution is 2.09. The molecule has 20 heavy (non-hydrogen) atoms. The fourth-order valence-electron chi connectivity index (χ4n) is 1.34. The summed E-state index contributed by atoms with van der Waals surface area (Å²) in [5.74, 6) is 2.07. The predicted octanol–water partition coefficient (Wildman–Crippen LogP) is 3.46. The first-order valence-corrected chi connectivity index (χ1v) is 9.53. The van der Waals surface area contributed by atoms with Gasteiger partial charge in [-0.2, -0.15) is 0 Å². The highest BCUT2D eigenvalue weighted by Gasteiger charge is 1.97. The summed E-state index contributed by atoms with van der Waals surface area (Å²) in [5.41, 5.74) is 11.6. The lowest BCUT2D eigenvalue weighted by atomic mass is 10.3. The number of aliphatic imine (C=N–C) groups is 2. The van der Waals surface area contributed by atoms with Crippen molar-refractivity contribution in [2.45, 2.75) is 52.4 Å². The van der Waals surface area contributed by atoms with Crippen LogP contribution < -0.4 is 11.5 Å². The molecule has 0 aliphatic rings. The second-order valence-electron chi connectivity index (χ2n) is 4.55. The first-order valence-electron chi connectivity index (χ1n) is 7.56. The molecule has 0 heterocycles. The van der Waals surface area contributed by atoms with Crippen molar-refractivity contribution in [3.63, 3.8) is 0 Å². The minimum Gasteiger partial charge on any atom is -0.379 e. The van der Waals surface area contributed by atoms with E-state index >= 15 is 0 Å². The smallest absolute Gasteiger partial charge is 0.153 e. The van der Waals surface area contributed by atoms with Crippen LogP contribution in [0, 0.1) is 0 Å². The third-order valence-corrected chi connectivity index (χ3v) is 4.43. The second-order valence-corrected chi connectivity index (χ2v) is 6.78. The number of thioether (sulfide) groups is 2. The molecule has 0 bridgehead atoms. The van der Waals surface area contributed by atoms with E-state index in [1.54, 1.807) is 23.5 Å². The summed E-state index contributed by atoms with van der Waals surface area (Å²) in [6.07, 6.45) is 6.86. The van der Waals surface area contributed by atoms with Gasteiger partial charge in [0.25, 0.3) is 0 Å². The average Bonchev–Trinajstić information content (AvgIpc) is 2.43. The van der Waals surface area contributed by atoms with Crippen LogP contribution in [0.15, 0.2) is 9.98 Å². The van der Waals surface area contributed by atoms with Gasteiger partial charge < -0.3 is 11.5 Å². The van der Waals surface area contributed by atoms with Crippen LogP contribution in [0.5, 0.6) is 0 Å². The number of rotatable bonds is 11. The Morgan fingerprint density at radius 1 is 0.750 bits per heavy atom. The van der Waals surface area contributed by atoms with Crippen molar-refractivity contribution in [2.75, 3.05) is 24.6 Å². The molecule has 4 nitrogen and oxygen atoms in total. The first kappa shape index (κ1) is 19.6. The molecule has 0 aromatic heterocycles. The molecule has 0 unspecified atom stereocenters. The Labute approximate surface area is 132 Å². The summed E-state index contributed by atoms with van der Waals surface area (Å²) in [6, 6.07) is 0. The maximum atomic E-state index is 5.81. The van der Waals surface area contributed by atoms with E-state index in [9.17, 15) is 0 Å². The van der Waals surface area contributed by atoms with Crippen LogP contribution in [-0.2, 0) is 0 Å². The van der Waals surface area contributed by atoms with Crippen LogP contribution in [0.25, 0.3) is 0 Å². The summed E-state index contributed by atoms with van der Waals surface area (Å²) < 4.78 is 0. The van der Waals surface area contributed by atoms with Crippen LogP contribution in [0.3, 0.4) is 0 Å². The topological polar surface area (TPSA) is 76.8 Å². The Morgan fingerprint density at radius 3 is 1.50 bits per heavy atom. The van der Waals surface area contributed by atoms with Gasteiger partial charge in [0.05, 0.1) is 0 Å². The highest BCUT2D eigenvalue weighted by atomic mass is 32.2. The van der Waals surface area contributed by atoms with Gasteiger partial charge >= 0.3 is 0 Å². The van der Waals surface area contributed by atoms with Crippen molar-refractivity contribution < 1.29 is 0 Å². The van der Waals surface area contributed by atoms with Crippen molar-refractivity contribution in [2.24, 2.45) is 21.5 Å². The number of nitrogens with zero attached hydrogens (tertiary/aromatic N) is 2. The van der Waals surface area contributed by atoms with Gasteiger partial charge in [0.15, 0.2) is 10.3 Å². The fraction of sp³-hybridized carbons (Fsp3) is 0.857. The van der Waals surface area contributed by atoms with Crippen molar-refractivity contribution in [1.82, 2.24) is 0 Å². The van der Waals surface area contributed by atoms with Crippen LogP contribution >= 0.6 is 23.5 Å². The number of amidine groups is 2. The van der Waals surface area contributed by atoms with Gasteiger partial charge in [0.1, 0.15) is 0 Å². The number of hydrogen-bond donors (Lipinski definition) is 2. The predicted molar refractivity (Wildman–Crippen MR) is 96.9 cm³/mol. The maximum Gasteiger partial charge on any atom is 0.153 e. The van der Waals surface area contributed by atoms with Crippen molar-refractivity contribution in [3.8, 4) is 0 Å². The summed E-state index contributed by atoms with van der Waals surface area (Å²) in [7, 11) is 0. The molecule has 0 rings (SSSR count). The molecule has 4 N–H and O–H groups in total. The Morgan fingerprint density at radius 2 is 1.15 bits per heavy atom. The third kappa shape index (κ3) is 14.1. The van der Waals surface area contributed by atoms with Crippen LogP contribution in [0.2, 0.25) is 0 Å². The first-order chi connectivity index (χ1) is 9.70. The number of unbranched alkanes of at least 4 members (excludes halogenated alkanes) is 3. The quantitative estimate of drug-likeness (QED) is 0.347. The third-order valence-electron chi connectivity index (χ3n) is 2.60. The zero-order valence-corrected chi connectivity index (χ0v) is 14.6. The molecule has 0 amide bonds. The molecule has 0 aliphatic carbocycles. The van der Waals surface area contributed by atoms with E-state index in [1.807, 2.05) is 0 Å². The summed E-state index contributed by atoms with van der Waals surface area (Å²) in [6.45, 7) is 6.04. The number of hydrogen-bond acceptors (Lipinski definition) is 4. The zero-order chi connectivity index (χ0) is 15.1. The zero-order valence-electron chi connectivity index (χ0n) is 12.9. The van der Waals surface area contributed by atoms with Gasteiger partial charge in [0.2, 0.25) is 0 Å². The molecule has 6 heteroatoms. The molecule has 0 radical (unpaired) electrons. The van der Waals surface area contributed by atoms with Gasteiger partial charge in [-0.15, -0.1) is 0 Å². The minimum absolute atomic E-state index is 0.728. The van der Waals surface area contributed by atoms with E-state index in [4.69, 9.17) is 11.5 Å². The summed E-state index contributed by atoms with van der Waals surface area (Å²) in [5, 5.41) is 1.46. The molecule has 0 saturated heterocycles. The van der Waals surface area contributed by atoms with Crippen molar-refractivity contribution in [1.29, 1.82) is 0 Å². The Hall–Kier alpha value is -0.360. The molecular weight excluding hydrogens is 288 g/mol. The fourth-order valence-corrected chi connectivity index (χ4v) is 2.82. The molecule has 0 saturated carbocycles. The SMILES string of the molecule is CCCCN=C(N)SCCCCSC(N)=NCCCC. The van der Waals surface area contributed by atoms with Crippen molar-refractivity contribution in [3.05, 3.63) is 0 Å². The highest BCUT2D eigenvalue weighted by molar-refractivity contribution is 8.14. The van der Waals surface area contributed by atoms with E-state index in [1.165, 1.54) is 12.8 Å². The standard InChI is InChI=1S/C14H30N4S2/c1-3-5-9-17-13(15)19-11-7-8-12-20-14(16)18-10-6-4-2/h3-12H2,1-2H3,(H2,15,17)(H2,16,18). The van der Waals surface area contributed by atoms with E-state index in [0.717, 1.165) is 60.6 Å². The van der Waals surface area contributed by atoms with Gasteiger partial charge in [-0.05, 0) is 25.7 Å².